The van der Waals surface area contributed by atoms with Gasteiger partial charge in [0.05, 0.1) is 42.7 Å². The number of unbranched alkanes of at least 4 members (excludes halogenated alkanes) is 5. The highest BCUT2D eigenvalue weighted by Gasteiger charge is 2.17. The van der Waals surface area contributed by atoms with Gasteiger partial charge in [0.15, 0.2) is 17.5 Å². The highest BCUT2D eigenvalue weighted by Crippen LogP contribution is 2.33. The van der Waals surface area contributed by atoms with Crippen LogP contribution in [0.5, 0.6) is 28.7 Å². The van der Waals surface area contributed by atoms with Crippen LogP contribution in [0.1, 0.15) is 77.6 Å². The number of aryl methyl sites for hydroxylation is 1. The van der Waals surface area contributed by atoms with Gasteiger partial charge < -0.3 is 28.8 Å². The van der Waals surface area contributed by atoms with Gasteiger partial charge in [-0.15, -0.1) is 0 Å². The topological polar surface area (TPSA) is 173 Å². The number of hydrogen-bond acceptors (Lipinski definition) is 13. The summed E-state index contributed by atoms with van der Waals surface area (Å²) < 4.78 is 27.4. The Hall–Kier alpha value is -8.19. The number of esters is 4. The van der Waals surface area contributed by atoms with E-state index in [0.29, 0.717) is 58.6 Å². The molecule has 7 aromatic rings. The van der Waals surface area contributed by atoms with E-state index in [4.69, 9.17) is 23.7 Å². The Morgan fingerprint density at radius 1 is 0.463 bits per heavy atom. The van der Waals surface area contributed by atoms with Crippen molar-refractivity contribution < 1.29 is 48.0 Å². The van der Waals surface area contributed by atoms with Gasteiger partial charge in [0.1, 0.15) is 28.7 Å². The number of nitrogens with zero attached hydrogens (tertiary/aromatic N) is 3. The number of rotatable bonds is 21. The van der Waals surface area contributed by atoms with Gasteiger partial charge in [-0.05, 0) is 92.6 Å². The van der Waals surface area contributed by atoms with Gasteiger partial charge in [-0.2, -0.15) is 0 Å². The van der Waals surface area contributed by atoms with Gasteiger partial charge in [0.25, 0.3) is 0 Å². The molecule has 1 N–H and O–H groups in total. The Morgan fingerprint density at radius 2 is 0.925 bits per heavy atom. The normalized spacial score (nSPS) is 10.8. The van der Waals surface area contributed by atoms with Crippen LogP contribution in [0.25, 0.3) is 34.2 Å². The number of ether oxygens (including phenoxy) is 5. The first-order chi connectivity index (χ1) is 32.7. The lowest BCUT2D eigenvalue weighted by Gasteiger charge is -2.10. The molecule has 0 aliphatic rings. The van der Waals surface area contributed by atoms with Gasteiger partial charge >= 0.3 is 23.9 Å². The summed E-state index contributed by atoms with van der Waals surface area (Å²) in [4.78, 5) is 63.8. The number of aromatic nitrogens is 3. The molecule has 0 saturated heterocycles. The molecule has 0 aliphatic carbocycles. The standard InChI is InChI=1S/C54H49N3O10/c1-37-18-20-40(21-19-37)53(61)66-43-26-28-44(29-27-43)67-54(62)41-22-24-42(25-23-41)63-34-12-4-2-3-5-13-35-64-48(59)32-33-49(60)65-45-30-31-46(47(58)36-45)52-56-50(38-14-8-6-9-15-38)55-51(57-52)39-16-10-7-11-17-39/h6-11,14-31,36,58H,2-5,12-13,32-35H2,1H3. The summed E-state index contributed by atoms with van der Waals surface area (Å²) in [6.45, 7) is 2.74. The minimum absolute atomic E-state index is 0.114. The molecule has 340 valence electrons. The predicted octanol–water partition coefficient (Wildman–Crippen LogP) is 11.0. The Balaban J connectivity index is 0.733. The van der Waals surface area contributed by atoms with E-state index in [1.807, 2.05) is 79.7 Å². The largest absolute Gasteiger partial charge is 0.507 e. The summed E-state index contributed by atoms with van der Waals surface area (Å²) in [6, 6.07) is 43.4. The second-order valence-electron chi connectivity index (χ2n) is 15.5. The zero-order valence-corrected chi connectivity index (χ0v) is 37.0. The number of phenolic OH excluding ortho intramolecular Hbond substituents is 1. The predicted molar refractivity (Wildman–Crippen MR) is 251 cm³/mol. The monoisotopic (exact) mass is 899 g/mol. The Kier molecular flexibility index (Phi) is 16.5. The van der Waals surface area contributed by atoms with Crippen molar-refractivity contribution in [3.63, 3.8) is 0 Å². The summed E-state index contributed by atoms with van der Waals surface area (Å²) in [7, 11) is 0. The average molecular weight is 900 g/mol. The first-order valence-electron chi connectivity index (χ1n) is 22.1. The van der Waals surface area contributed by atoms with Crippen LogP contribution in [0.4, 0.5) is 0 Å². The molecule has 1 heterocycles. The summed E-state index contributed by atoms with van der Waals surface area (Å²) >= 11 is 0. The lowest BCUT2D eigenvalue weighted by atomic mass is 10.1. The molecule has 13 nitrogen and oxygen atoms in total. The van der Waals surface area contributed by atoms with Crippen LogP contribution in [0.15, 0.2) is 152 Å². The fourth-order valence-corrected chi connectivity index (χ4v) is 6.72. The van der Waals surface area contributed by atoms with Crippen molar-refractivity contribution in [1.82, 2.24) is 15.0 Å². The number of aromatic hydroxyl groups is 1. The molecule has 0 atom stereocenters. The quantitative estimate of drug-likeness (QED) is 0.0410. The van der Waals surface area contributed by atoms with Crippen LogP contribution < -0.4 is 18.9 Å². The van der Waals surface area contributed by atoms with E-state index in [2.05, 4.69) is 15.0 Å². The lowest BCUT2D eigenvalue weighted by Crippen LogP contribution is -2.13. The van der Waals surface area contributed by atoms with E-state index in [0.717, 1.165) is 48.8 Å². The second kappa shape index (κ2) is 23.7. The van der Waals surface area contributed by atoms with Crippen LogP contribution >= 0.6 is 0 Å². The van der Waals surface area contributed by atoms with Gasteiger partial charge in [0.2, 0.25) is 0 Å². The first-order valence-corrected chi connectivity index (χ1v) is 22.1. The summed E-state index contributed by atoms with van der Waals surface area (Å²) in [5.74, 6) is 0.241. The van der Waals surface area contributed by atoms with Gasteiger partial charge in [-0.25, -0.2) is 24.5 Å². The van der Waals surface area contributed by atoms with Crippen LogP contribution in [-0.2, 0) is 14.3 Å². The van der Waals surface area contributed by atoms with Crippen LogP contribution in [0.3, 0.4) is 0 Å². The molecule has 1 aromatic heterocycles. The van der Waals surface area contributed by atoms with E-state index in [1.54, 1.807) is 66.7 Å². The van der Waals surface area contributed by atoms with Crippen molar-refractivity contribution in [1.29, 1.82) is 0 Å². The maximum absolute atomic E-state index is 12.7. The summed E-state index contributed by atoms with van der Waals surface area (Å²) in [5.41, 5.74) is 3.76. The zero-order chi connectivity index (χ0) is 46.8. The molecule has 0 aliphatic heterocycles. The minimum Gasteiger partial charge on any atom is -0.507 e. The molecule has 0 saturated carbocycles. The van der Waals surface area contributed by atoms with Crippen molar-refractivity contribution >= 4 is 23.9 Å². The molecule has 0 bridgehead atoms. The van der Waals surface area contributed by atoms with Crippen molar-refractivity contribution in [3.8, 4) is 62.9 Å². The third-order valence-corrected chi connectivity index (χ3v) is 10.4. The van der Waals surface area contributed by atoms with E-state index in [9.17, 15) is 24.3 Å². The molecule has 0 radical (unpaired) electrons. The first kappa shape index (κ1) is 46.8. The highest BCUT2D eigenvalue weighted by atomic mass is 16.5. The number of hydrogen-bond donors (Lipinski definition) is 1. The SMILES string of the molecule is Cc1ccc(C(=O)Oc2ccc(OC(=O)c3ccc(OCCCCCCCCOC(=O)CCC(=O)Oc4ccc(-c5nc(-c6ccccc6)nc(-c6ccccc6)n5)c(O)c4)cc3)cc2)cc1. The van der Waals surface area contributed by atoms with E-state index >= 15 is 0 Å². The number of carbonyl (C=O) groups excluding carboxylic acids is 4. The Bertz CT molecular complexity index is 2690. The zero-order valence-electron chi connectivity index (χ0n) is 37.0. The van der Waals surface area contributed by atoms with Crippen LogP contribution in [0.2, 0.25) is 0 Å². The number of carbonyl (C=O) groups is 4. The molecule has 67 heavy (non-hydrogen) atoms. The molecule has 13 heteroatoms. The van der Waals surface area contributed by atoms with E-state index < -0.39 is 23.9 Å². The van der Waals surface area contributed by atoms with Crippen LogP contribution in [-0.4, -0.2) is 57.1 Å². The Morgan fingerprint density at radius 3 is 1.48 bits per heavy atom. The fraction of sp³-hybridized carbons (Fsp3) is 0.204. The highest BCUT2D eigenvalue weighted by molar-refractivity contribution is 5.92. The van der Waals surface area contributed by atoms with Crippen LogP contribution in [0, 0.1) is 6.92 Å². The summed E-state index contributed by atoms with van der Waals surface area (Å²) in [5, 5.41) is 11.0. The Labute approximate surface area is 388 Å². The fourth-order valence-electron chi connectivity index (χ4n) is 6.72. The third-order valence-electron chi connectivity index (χ3n) is 10.4. The number of phenols is 1. The lowest BCUT2D eigenvalue weighted by molar-refractivity contribution is -0.147. The molecule has 0 unspecified atom stereocenters. The smallest absolute Gasteiger partial charge is 0.343 e. The van der Waals surface area contributed by atoms with Crippen molar-refractivity contribution in [2.24, 2.45) is 0 Å². The number of benzene rings is 6. The molecule has 0 amide bonds. The summed E-state index contributed by atoms with van der Waals surface area (Å²) in [6.07, 6.45) is 5.10. The minimum atomic E-state index is -0.635. The van der Waals surface area contributed by atoms with E-state index in [-0.39, 0.29) is 36.8 Å². The van der Waals surface area contributed by atoms with Gasteiger partial charge in [0, 0.05) is 17.2 Å². The molecule has 7 rings (SSSR count). The molecule has 0 fully saturated rings. The van der Waals surface area contributed by atoms with Gasteiger partial charge in [-0.1, -0.05) is 104 Å². The van der Waals surface area contributed by atoms with Gasteiger partial charge in [-0.3, -0.25) is 9.59 Å². The van der Waals surface area contributed by atoms with E-state index in [1.165, 1.54) is 12.1 Å². The van der Waals surface area contributed by atoms with Crippen molar-refractivity contribution in [2.75, 3.05) is 13.2 Å². The maximum atomic E-state index is 12.7. The maximum Gasteiger partial charge on any atom is 0.343 e. The molecule has 0 spiro atoms. The molecular formula is C54H49N3O10. The van der Waals surface area contributed by atoms with Crippen molar-refractivity contribution in [3.05, 3.63) is 168 Å². The second-order valence-corrected chi connectivity index (χ2v) is 15.5. The third kappa shape index (κ3) is 14.1. The molecule has 6 aromatic carbocycles. The van der Waals surface area contributed by atoms with Crippen molar-refractivity contribution in [2.45, 2.75) is 58.3 Å². The molecular weight excluding hydrogens is 851 g/mol. The average Bonchev–Trinajstić information content (AvgIpc) is 3.35.